The Hall–Kier alpha value is -3.09. The van der Waals surface area contributed by atoms with Gasteiger partial charge in [0, 0.05) is 6.16 Å². The van der Waals surface area contributed by atoms with Gasteiger partial charge in [0.25, 0.3) is 0 Å². The van der Waals surface area contributed by atoms with Crippen LogP contribution in [0, 0.1) is 0 Å². The summed E-state index contributed by atoms with van der Waals surface area (Å²) in [5.74, 6) is -1.33. The quantitative estimate of drug-likeness (QED) is 0.160. The lowest BCUT2D eigenvalue weighted by atomic mass is 10.1. The molecule has 4 aromatic carbocycles. The summed E-state index contributed by atoms with van der Waals surface area (Å²) in [6.45, 7) is 1.06. The molecule has 6 nitrogen and oxygen atoms in total. The minimum atomic E-state index is -3.55. The Labute approximate surface area is 248 Å². The van der Waals surface area contributed by atoms with Gasteiger partial charge in [-0.25, -0.2) is 0 Å². The lowest BCUT2D eigenvalue weighted by molar-refractivity contribution is -0.175. The molecule has 0 bridgehead atoms. The van der Waals surface area contributed by atoms with Crippen molar-refractivity contribution in [1.29, 1.82) is 0 Å². The smallest absolute Gasteiger partial charge is 0.233 e. The van der Waals surface area contributed by atoms with Crippen molar-refractivity contribution in [2.75, 3.05) is 12.8 Å². The van der Waals surface area contributed by atoms with E-state index in [4.69, 9.17) is 18.7 Å². The Balaban J connectivity index is 1.36. The van der Waals surface area contributed by atoms with Gasteiger partial charge in [-0.2, -0.15) is 0 Å². The topological polar surface area (TPSA) is 74.2 Å². The predicted molar refractivity (Wildman–Crippen MR) is 164 cm³/mol. The van der Waals surface area contributed by atoms with Crippen molar-refractivity contribution in [2.24, 2.45) is 0 Å². The number of rotatable bonds is 14. The first kappa shape index (κ1) is 30.4. The number of hydrogen-bond acceptors (Lipinski definition) is 6. The first-order valence-corrected chi connectivity index (χ1v) is 16.4. The van der Waals surface area contributed by atoms with E-state index in [0.29, 0.717) is 19.6 Å². The van der Waals surface area contributed by atoms with Gasteiger partial charge in [0.15, 0.2) is 5.85 Å². The van der Waals surface area contributed by atoms with E-state index in [0.717, 1.165) is 28.7 Å². The molecule has 1 aliphatic rings. The van der Waals surface area contributed by atoms with Crippen LogP contribution in [0.1, 0.15) is 28.7 Å². The maximum atomic E-state index is 14.4. The molecule has 220 valence electrons. The third-order valence-corrected chi connectivity index (χ3v) is 10.1. The highest BCUT2D eigenvalue weighted by molar-refractivity contribution is 7.59. The number of hydrogen-bond donors (Lipinski definition) is 1. The molecule has 0 saturated carbocycles. The summed E-state index contributed by atoms with van der Waals surface area (Å²) in [6.07, 6.45) is -0.679. The molecule has 1 saturated heterocycles. The Bertz CT molecular complexity index is 1370. The average Bonchev–Trinajstić information content (AvgIpc) is 3.03. The Morgan fingerprint density at radius 3 is 1.60 bits per heavy atom. The van der Waals surface area contributed by atoms with Crippen LogP contribution in [0.3, 0.4) is 0 Å². The fourth-order valence-electron chi connectivity index (χ4n) is 5.20. The standard InChI is InChI=1S/C35H39O6P/c36-35-34(40-26-31-20-11-4-12-21-31)33(39-25-30-18-9-3-10-19-30)32(27-38-24-29-16-7-2-8-17-29)41-42(35,37)23-13-22-28-14-5-1-6-15-28/h1-12,14-21,32-36H,13,22-27H2/t32-,33-,34+,35?,42?/m1/s1. The minimum absolute atomic E-state index is 0.148. The van der Waals surface area contributed by atoms with Crippen LogP contribution in [-0.2, 0) is 49.5 Å². The third-order valence-electron chi connectivity index (χ3n) is 7.44. The second-order valence-electron chi connectivity index (χ2n) is 10.6. The molecule has 0 aliphatic carbocycles. The van der Waals surface area contributed by atoms with Crippen molar-refractivity contribution >= 4 is 7.37 Å². The molecule has 1 N–H and O–H groups in total. The molecule has 1 aliphatic heterocycles. The van der Waals surface area contributed by atoms with Gasteiger partial charge in [-0.15, -0.1) is 0 Å². The molecular formula is C35H39O6P. The van der Waals surface area contributed by atoms with Crippen molar-refractivity contribution in [1.82, 2.24) is 0 Å². The van der Waals surface area contributed by atoms with Crippen molar-refractivity contribution in [2.45, 2.75) is 56.8 Å². The molecule has 4 aromatic rings. The lowest BCUT2D eigenvalue weighted by Crippen LogP contribution is -2.54. The SMILES string of the molecule is O=P1(CCCc2ccccc2)O[C@H](COCc2ccccc2)[C@@H](OCc2ccccc2)[C@H](OCc2ccccc2)C1O. The molecule has 7 heteroatoms. The van der Waals surface area contributed by atoms with Crippen LogP contribution in [-0.4, -0.2) is 42.0 Å². The maximum Gasteiger partial charge on any atom is 0.233 e. The van der Waals surface area contributed by atoms with Crippen molar-refractivity contribution < 1.29 is 28.4 Å². The van der Waals surface area contributed by atoms with E-state index in [1.54, 1.807) is 0 Å². The maximum absolute atomic E-state index is 14.4. The average molecular weight is 587 g/mol. The summed E-state index contributed by atoms with van der Waals surface area (Å²) < 4.78 is 39.6. The first-order chi connectivity index (χ1) is 20.6. The molecule has 0 amide bonds. The lowest BCUT2D eigenvalue weighted by Gasteiger charge is -2.44. The molecule has 2 unspecified atom stereocenters. The van der Waals surface area contributed by atoms with E-state index in [2.05, 4.69) is 0 Å². The van der Waals surface area contributed by atoms with Gasteiger partial charge in [0.05, 0.1) is 26.4 Å². The largest absolute Gasteiger partial charge is 0.380 e. The monoisotopic (exact) mass is 586 g/mol. The fraction of sp³-hybridized carbons (Fsp3) is 0.314. The van der Waals surface area contributed by atoms with E-state index >= 15 is 0 Å². The Kier molecular flexibility index (Phi) is 11.1. The first-order valence-electron chi connectivity index (χ1n) is 14.5. The van der Waals surface area contributed by atoms with Crippen LogP contribution in [0.15, 0.2) is 121 Å². The summed E-state index contributed by atoms with van der Waals surface area (Å²) in [6, 6.07) is 39.5. The van der Waals surface area contributed by atoms with Crippen LogP contribution >= 0.6 is 7.37 Å². The third kappa shape index (κ3) is 8.48. The zero-order valence-electron chi connectivity index (χ0n) is 23.7. The molecule has 5 rings (SSSR count). The molecule has 0 radical (unpaired) electrons. The Morgan fingerprint density at radius 1 is 0.619 bits per heavy atom. The van der Waals surface area contributed by atoms with Crippen LogP contribution in [0.5, 0.6) is 0 Å². The van der Waals surface area contributed by atoms with Crippen LogP contribution in [0.25, 0.3) is 0 Å². The summed E-state index contributed by atoms with van der Waals surface area (Å²) in [5, 5.41) is 11.6. The molecule has 5 atom stereocenters. The van der Waals surface area contributed by atoms with E-state index in [1.807, 2.05) is 121 Å². The number of ether oxygens (including phenoxy) is 3. The zero-order valence-corrected chi connectivity index (χ0v) is 24.6. The molecule has 1 heterocycles. The normalized spacial score (nSPS) is 23.9. The predicted octanol–water partition coefficient (Wildman–Crippen LogP) is 7.00. The zero-order chi connectivity index (χ0) is 29.0. The molecule has 0 aromatic heterocycles. The van der Waals surface area contributed by atoms with Crippen LogP contribution in [0.2, 0.25) is 0 Å². The molecular weight excluding hydrogens is 547 g/mol. The second kappa shape index (κ2) is 15.4. The van der Waals surface area contributed by atoms with Gasteiger partial charge in [0.2, 0.25) is 7.37 Å². The minimum Gasteiger partial charge on any atom is -0.380 e. The number of aliphatic hydroxyl groups is 1. The van der Waals surface area contributed by atoms with E-state index in [9.17, 15) is 9.67 Å². The Morgan fingerprint density at radius 2 is 1.07 bits per heavy atom. The van der Waals surface area contributed by atoms with Crippen molar-refractivity contribution in [3.05, 3.63) is 144 Å². The summed E-state index contributed by atoms with van der Waals surface area (Å²) in [5.41, 5.74) is 4.11. The van der Waals surface area contributed by atoms with Crippen molar-refractivity contribution in [3.63, 3.8) is 0 Å². The van der Waals surface area contributed by atoms with Gasteiger partial charge >= 0.3 is 0 Å². The molecule has 42 heavy (non-hydrogen) atoms. The van der Waals surface area contributed by atoms with Gasteiger partial charge in [0.1, 0.15) is 18.3 Å². The number of aliphatic hydroxyl groups excluding tert-OH is 1. The van der Waals surface area contributed by atoms with Crippen LogP contribution < -0.4 is 0 Å². The fourth-order valence-corrected chi connectivity index (χ4v) is 7.63. The number of aryl methyl sites for hydroxylation is 1. The summed E-state index contributed by atoms with van der Waals surface area (Å²) in [7, 11) is -3.55. The van der Waals surface area contributed by atoms with Crippen LogP contribution in [0.4, 0.5) is 0 Å². The van der Waals surface area contributed by atoms with E-state index in [1.165, 1.54) is 0 Å². The number of benzene rings is 4. The second-order valence-corrected chi connectivity index (χ2v) is 13.3. The van der Waals surface area contributed by atoms with Gasteiger partial charge in [-0.3, -0.25) is 4.57 Å². The summed E-state index contributed by atoms with van der Waals surface area (Å²) in [4.78, 5) is 0. The molecule has 0 spiro atoms. The van der Waals surface area contributed by atoms with Crippen molar-refractivity contribution in [3.8, 4) is 0 Å². The molecule has 1 fully saturated rings. The summed E-state index contributed by atoms with van der Waals surface area (Å²) >= 11 is 0. The van der Waals surface area contributed by atoms with Gasteiger partial charge in [-0.1, -0.05) is 121 Å². The van der Waals surface area contributed by atoms with E-state index in [-0.39, 0.29) is 19.4 Å². The van der Waals surface area contributed by atoms with Gasteiger partial charge < -0.3 is 23.8 Å². The van der Waals surface area contributed by atoms with E-state index < -0.39 is 31.5 Å². The highest BCUT2D eigenvalue weighted by Crippen LogP contribution is 2.58. The highest BCUT2D eigenvalue weighted by Gasteiger charge is 2.52. The highest BCUT2D eigenvalue weighted by atomic mass is 31.2. The van der Waals surface area contributed by atoms with Gasteiger partial charge in [-0.05, 0) is 35.1 Å².